The second-order valence-electron chi connectivity index (χ2n) is 4.53. The highest BCUT2D eigenvalue weighted by Gasteiger charge is 2.40. The van der Waals surface area contributed by atoms with Gasteiger partial charge in [0.2, 0.25) is 0 Å². The van der Waals surface area contributed by atoms with Crippen molar-refractivity contribution in [3.05, 3.63) is 35.4 Å². The first kappa shape index (κ1) is 14.4. The van der Waals surface area contributed by atoms with Gasteiger partial charge in [-0.3, -0.25) is 4.79 Å². The van der Waals surface area contributed by atoms with E-state index in [1.54, 1.807) is 0 Å². The summed E-state index contributed by atoms with van der Waals surface area (Å²) in [6, 6.07) is 1.39. The molecular formula is C13H13F2NO4. The summed E-state index contributed by atoms with van der Waals surface area (Å²) in [5.74, 6) is -3.70. The molecule has 1 fully saturated rings. The van der Waals surface area contributed by atoms with Crippen LogP contribution >= 0.6 is 0 Å². The number of amides is 1. The number of hydrogen-bond acceptors (Lipinski definition) is 3. The smallest absolute Gasteiger partial charge is 0.326 e. The summed E-state index contributed by atoms with van der Waals surface area (Å²) < 4.78 is 31.7. The molecule has 0 aromatic heterocycles. The Bertz CT molecular complexity index is 549. The van der Waals surface area contributed by atoms with Crippen LogP contribution in [0.2, 0.25) is 0 Å². The molecule has 1 amide bonds. The molecule has 20 heavy (non-hydrogen) atoms. The molecule has 1 aliphatic rings. The third-order valence-corrected chi connectivity index (χ3v) is 3.30. The molecule has 0 spiro atoms. The predicted molar refractivity (Wildman–Crippen MR) is 64.2 cm³/mol. The molecule has 1 aromatic rings. The van der Waals surface area contributed by atoms with Crippen LogP contribution in [0.15, 0.2) is 18.2 Å². The highest BCUT2D eigenvalue weighted by Crippen LogP contribution is 2.24. The number of likely N-dealkylation sites (tertiary alicyclic amines) is 1. The lowest BCUT2D eigenvalue weighted by atomic mass is 10.1. The van der Waals surface area contributed by atoms with Gasteiger partial charge in [0.1, 0.15) is 17.7 Å². The van der Waals surface area contributed by atoms with Crippen LogP contribution in [-0.2, 0) is 9.53 Å². The van der Waals surface area contributed by atoms with Gasteiger partial charge in [-0.25, -0.2) is 13.6 Å². The average molecular weight is 285 g/mol. The number of carboxylic acids is 1. The fourth-order valence-corrected chi connectivity index (χ4v) is 2.24. The van der Waals surface area contributed by atoms with Crippen LogP contribution in [0.25, 0.3) is 0 Å². The number of benzene rings is 1. The minimum Gasteiger partial charge on any atom is -0.480 e. The summed E-state index contributed by atoms with van der Waals surface area (Å²) >= 11 is 0. The van der Waals surface area contributed by atoms with Crippen LogP contribution < -0.4 is 0 Å². The molecule has 7 heteroatoms. The van der Waals surface area contributed by atoms with Crippen molar-refractivity contribution in [1.29, 1.82) is 0 Å². The van der Waals surface area contributed by atoms with Crippen molar-refractivity contribution in [3.8, 4) is 0 Å². The molecular weight excluding hydrogens is 272 g/mol. The minimum atomic E-state index is -1.20. The van der Waals surface area contributed by atoms with E-state index in [9.17, 15) is 18.4 Å². The number of hydrogen-bond donors (Lipinski definition) is 1. The van der Waals surface area contributed by atoms with Crippen molar-refractivity contribution in [2.24, 2.45) is 0 Å². The zero-order valence-corrected chi connectivity index (χ0v) is 10.7. The molecule has 108 valence electrons. The number of carboxylic acid groups (broad SMARTS) is 1. The van der Waals surface area contributed by atoms with Crippen LogP contribution in [0.5, 0.6) is 0 Å². The first-order valence-corrected chi connectivity index (χ1v) is 5.95. The first-order valence-electron chi connectivity index (χ1n) is 5.95. The van der Waals surface area contributed by atoms with Gasteiger partial charge >= 0.3 is 5.97 Å². The van der Waals surface area contributed by atoms with E-state index in [0.29, 0.717) is 0 Å². The van der Waals surface area contributed by atoms with Crippen molar-refractivity contribution in [3.63, 3.8) is 0 Å². The topological polar surface area (TPSA) is 66.8 Å². The number of nitrogens with zero attached hydrogens (tertiary/aromatic N) is 1. The van der Waals surface area contributed by atoms with E-state index in [2.05, 4.69) is 0 Å². The van der Waals surface area contributed by atoms with E-state index in [-0.39, 0.29) is 13.0 Å². The summed E-state index contributed by atoms with van der Waals surface area (Å²) in [6.45, 7) is 0.0300. The maximum Gasteiger partial charge on any atom is 0.326 e. The van der Waals surface area contributed by atoms with Crippen molar-refractivity contribution in [1.82, 2.24) is 4.90 Å². The molecule has 1 N–H and O–H groups in total. The lowest BCUT2D eigenvalue weighted by Crippen LogP contribution is -2.41. The standard InChI is InChI=1S/C13H13F2NO4/c1-20-8-5-11(13(18)19)16(6-8)12(17)9-4-7(14)2-3-10(9)15/h2-4,8,11H,5-6H2,1H3,(H,18,19). The molecule has 0 radical (unpaired) electrons. The Morgan fingerprint density at radius 1 is 1.40 bits per heavy atom. The molecule has 1 aromatic carbocycles. The Balaban J connectivity index is 2.31. The van der Waals surface area contributed by atoms with E-state index >= 15 is 0 Å². The van der Waals surface area contributed by atoms with Gasteiger partial charge in [-0.15, -0.1) is 0 Å². The fourth-order valence-electron chi connectivity index (χ4n) is 2.24. The van der Waals surface area contributed by atoms with Crippen molar-refractivity contribution < 1.29 is 28.2 Å². The van der Waals surface area contributed by atoms with Gasteiger partial charge in [-0.1, -0.05) is 0 Å². The summed E-state index contributed by atoms with van der Waals surface area (Å²) in [5.41, 5.74) is -0.479. The fraction of sp³-hybridized carbons (Fsp3) is 0.385. The number of carbonyl (C=O) groups is 2. The SMILES string of the molecule is COC1CC(C(=O)O)N(C(=O)c2cc(F)ccc2F)C1. The maximum atomic E-state index is 13.6. The summed E-state index contributed by atoms with van der Waals surface area (Å²) in [5, 5.41) is 9.10. The van der Waals surface area contributed by atoms with Crippen molar-refractivity contribution >= 4 is 11.9 Å². The Morgan fingerprint density at radius 2 is 2.10 bits per heavy atom. The monoisotopic (exact) mass is 285 g/mol. The van der Waals surface area contributed by atoms with Gasteiger partial charge in [0.25, 0.3) is 5.91 Å². The van der Waals surface area contributed by atoms with Gasteiger partial charge in [-0.2, -0.15) is 0 Å². The lowest BCUT2D eigenvalue weighted by molar-refractivity contribution is -0.141. The van der Waals surface area contributed by atoms with Gasteiger partial charge in [0, 0.05) is 20.1 Å². The van der Waals surface area contributed by atoms with Crippen molar-refractivity contribution in [2.75, 3.05) is 13.7 Å². The number of rotatable bonds is 3. The Hall–Kier alpha value is -2.02. The van der Waals surface area contributed by atoms with Crippen LogP contribution in [0.1, 0.15) is 16.8 Å². The maximum absolute atomic E-state index is 13.6. The number of methoxy groups -OCH3 is 1. The van der Waals surface area contributed by atoms with Crippen molar-refractivity contribution in [2.45, 2.75) is 18.6 Å². The quantitative estimate of drug-likeness (QED) is 0.908. The third kappa shape index (κ3) is 2.62. The molecule has 5 nitrogen and oxygen atoms in total. The molecule has 0 bridgehead atoms. The van der Waals surface area contributed by atoms with E-state index in [1.165, 1.54) is 7.11 Å². The van der Waals surface area contributed by atoms with Gasteiger partial charge in [-0.05, 0) is 18.2 Å². The summed E-state index contributed by atoms with van der Waals surface area (Å²) in [4.78, 5) is 24.3. The van der Waals surface area contributed by atoms with Gasteiger partial charge in [0.05, 0.1) is 11.7 Å². The Labute approximate surface area is 113 Å². The minimum absolute atomic E-state index is 0.0300. The second kappa shape index (κ2) is 5.54. The Morgan fingerprint density at radius 3 is 2.70 bits per heavy atom. The molecule has 2 rings (SSSR count). The zero-order chi connectivity index (χ0) is 14.9. The molecule has 2 unspecified atom stereocenters. The van der Waals surface area contributed by atoms with E-state index in [0.717, 1.165) is 23.1 Å². The highest BCUT2D eigenvalue weighted by molar-refractivity contribution is 5.97. The van der Waals surface area contributed by atoms with E-state index in [4.69, 9.17) is 9.84 Å². The molecule has 1 saturated heterocycles. The predicted octanol–water partition coefficient (Wildman–Crippen LogP) is 1.28. The van der Waals surface area contributed by atoms with Gasteiger partial charge < -0.3 is 14.7 Å². The number of aliphatic carboxylic acids is 1. The number of halogens is 2. The van der Waals surface area contributed by atoms with Crippen LogP contribution in [0.4, 0.5) is 8.78 Å². The number of carbonyl (C=O) groups excluding carboxylic acids is 1. The van der Waals surface area contributed by atoms with E-state index in [1.807, 2.05) is 0 Å². The highest BCUT2D eigenvalue weighted by atomic mass is 19.1. The molecule has 1 heterocycles. The van der Waals surface area contributed by atoms with Crippen LogP contribution in [0, 0.1) is 11.6 Å². The second-order valence-corrected chi connectivity index (χ2v) is 4.53. The largest absolute Gasteiger partial charge is 0.480 e. The molecule has 0 aliphatic carbocycles. The van der Waals surface area contributed by atoms with E-state index < -0.39 is 41.2 Å². The molecule has 1 aliphatic heterocycles. The van der Waals surface area contributed by atoms with Gasteiger partial charge in [0.15, 0.2) is 0 Å². The molecule has 2 atom stereocenters. The summed E-state index contributed by atoms with van der Waals surface area (Å²) in [7, 11) is 1.40. The average Bonchev–Trinajstić information content (AvgIpc) is 2.85. The zero-order valence-electron chi connectivity index (χ0n) is 10.7. The molecule has 0 saturated carbocycles. The first-order chi connectivity index (χ1) is 9.43. The third-order valence-electron chi connectivity index (χ3n) is 3.30. The van der Waals surface area contributed by atoms with Crippen LogP contribution in [-0.4, -0.2) is 47.7 Å². The normalized spacial score (nSPS) is 22.1. The lowest BCUT2D eigenvalue weighted by Gasteiger charge is -2.21. The van der Waals surface area contributed by atoms with Crippen LogP contribution in [0.3, 0.4) is 0 Å². The summed E-state index contributed by atoms with van der Waals surface area (Å²) in [6.07, 6.45) is -0.314. The Kier molecular flexibility index (Phi) is 3.99. The number of ether oxygens (including phenoxy) is 1.